The zero-order chi connectivity index (χ0) is 21.6. The second-order valence-electron chi connectivity index (χ2n) is 7.85. The van der Waals surface area contributed by atoms with Gasteiger partial charge in [0.1, 0.15) is 4.83 Å². The molecule has 0 saturated carbocycles. The highest BCUT2D eigenvalue weighted by atomic mass is 32.2. The number of hydrogen-bond donors (Lipinski definition) is 1. The molecular formula is C21H21N5O2S3. The van der Waals surface area contributed by atoms with E-state index in [1.807, 2.05) is 41.0 Å². The van der Waals surface area contributed by atoms with Crippen molar-refractivity contribution in [2.45, 2.75) is 42.8 Å². The predicted molar refractivity (Wildman–Crippen MR) is 126 cm³/mol. The Hall–Kier alpha value is -2.14. The molecule has 4 heterocycles. The van der Waals surface area contributed by atoms with Crippen LogP contribution in [0.5, 0.6) is 0 Å². The minimum Gasteiger partial charge on any atom is -0.370 e. The second kappa shape index (κ2) is 8.09. The molecule has 160 valence electrons. The zero-order valence-corrected chi connectivity index (χ0v) is 19.8. The summed E-state index contributed by atoms with van der Waals surface area (Å²) < 4.78 is 7.97. The standard InChI is InChI=1S/C21H21N5O2S3/c1-21(2)9-13-14(10-28-21)31-18-16(13)17-24-25-20(26(17)19(23-18)29-3)30-11-15(27)22-12-7-5-4-6-8-12/h4-8H,9-11H2,1-3H3,(H,22,27). The third-order valence-electron chi connectivity index (χ3n) is 5.09. The van der Waals surface area contributed by atoms with E-state index in [1.54, 1.807) is 23.1 Å². The van der Waals surface area contributed by atoms with E-state index in [0.717, 1.165) is 33.1 Å². The number of carbonyl (C=O) groups is 1. The fourth-order valence-electron chi connectivity index (χ4n) is 3.67. The van der Waals surface area contributed by atoms with Crippen molar-refractivity contribution in [3.8, 4) is 0 Å². The van der Waals surface area contributed by atoms with Gasteiger partial charge in [-0.15, -0.1) is 21.5 Å². The van der Waals surface area contributed by atoms with Gasteiger partial charge in [0.05, 0.1) is 23.3 Å². The highest BCUT2D eigenvalue weighted by Gasteiger charge is 2.31. The smallest absolute Gasteiger partial charge is 0.234 e. The maximum Gasteiger partial charge on any atom is 0.234 e. The van der Waals surface area contributed by atoms with Crippen molar-refractivity contribution >= 4 is 62.3 Å². The number of thiophene rings is 1. The van der Waals surface area contributed by atoms with Crippen LogP contribution in [0.4, 0.5) is 5.69 Å². The van der Waals surface area contributed by atoms with Crippen LogP contribution in [0.15, 0.2) is 40.6 Å². The van der Waals surface area contributed by atoms with Gasteiger partial charge < -0.3 is 10.1 Å². The number of rotatable bonds is 5. The molecule has 0 bridgehead atoms. The Morgan fingerprint density at radius 2 is 2.06 bits per heavy atom. The topological polar surface area (TPSA) is 81.4 Å². The first-order valence-electron chi connectivity index (χ1n) is 9.80. The van der Waals surface area contributed by atoms with Crippen LogP contribution in [-0.4, -0.2) is 43.1 Å². The lowest BCUT2D eigenvalue weighted by atomic mass is 9.94. The molecule has 1 N–H and O–H groups in total. The highest BCUT2D eigenvalue weighted by Crippen LogP contribution is 2.41. The molecule has 0 unspecified atom stereocenters. The molecule has 31 heavy (non-hydrogen) atoms. The van der Waals surface area contributed by atoms with Gasteiger partial charge in [-0.05, 0) is 37.8 Å². The molecule has 3 aromatic heterocycles. The summed E-state index contributed by atoms with van der Waals surface area (Å²) in [5.74, 6) is 0.156. The van der Waals surface area contributed by atoms with Gasteiger partial charge >= 0.3 is 0 Å². The second-order valence-corrected chi connectivity index (χ2v) is 10.7. The molecule has 0 fully saturated rings. The summed E-state index contributed by atoms with van der Waals surface area (Å²) in [7, 11) is 0. The molecule has 0 aliphatic carbocycles. The summed E-state index contributed by atoms with van der Waals surface area (Å²) in [6.07, 6.45) is 2.80. The van der Waals surface area contributed by atoms with E-state index in [-0.39, 0.29) is 17.3 Å². The number of nitrogens with one attached hydrogen (secondary N) is 1. The Morgan fingerprint density at radius 1 is 1.26 bits per heavy atom. The van der Waals surface area contributed by atoms with Crippen molar-refractivity contribution in [3.63, 3.8) is 0 Å². The first-order valence-corrected chi connectivity index (χ1v) is 12.8. The third-order valence-corrected chi connectivity index (χ3v) is 7.75. The van der Waals surface area contributed by atoms with E-state index in [2.05, 4.69) is 29.4 Å². The molecule has 0 saturated heterocycles. The zero-order valence-electron chi connectivity index (χ0n) is 17.3. The molecular weight excluding hydrogens is 450 g/mol. The quantitative estimate of drug-likeness (QED) is 0.335. The maximum absolute atomic E-state index is 12.4. The van der Waals surface area contributed by atoms with Crippen LogP contribution in [0.1, 0.15) is 24.3 Å². The first kappa shape index (κ1) is 20.7. The number of hydrogen-bond acceptors (Lipinski definition) is 8. The first-order chi connectivity index (χ1) is 14.9. The molecule has 1 aliphatic heterocycles. The Balaban J connectivity index is 1.49. The normalized spacial score (nSPS) is 15.3. The average molecular weight is 472 g/mol. The SMILES string of the molecule is CSc1nc2sc3c(c2c2nnc(SCC(=O)Nc4ccccc4)n12)CC(C)(C)OC3. The predicted octanol–water partition coefficient (Wildman–Crippen LogP) is 4.64. The van der Waals surface area contributed by atoms with Gasteiger partial charge in [0.15, 0.2) is 16.0 Å². The van der Waals surface area contributed by atoms with Gasteiger partial charge in [-0.2, -0.15) is 0 Å². The Kier molecular flexibility index (Phi) is 5.41. The highest BCUT2D eigenvalue weighted by molar-refractivity contribution is 8.00. The Labute approximate surface area is 192 Å². The van der Waals surface area contributed by atoms with Gasteiger partial charge in [-0.25, -0.2) is 9.38 Å². The molecule has 1 aromatic carbocycles. The summed E-state index contributed by atoms with van der Waals surface area (Å²) in [5, 5.41) is 14.4. The van der Waals surface area contributed by atoms with Crippen LogP contribution < -0.4 is 5.32 Å². The van der Waals surface area contributed by atoms with Gasteiger partial charge in [-0.1, -0.05) is 41.7 Å². The lowest BCUT2D eigenvalue weighted by Crippen LogP contribution is -2.31. The maximum atomic E-state index is 12.4. The fourth-order valence-corrected chi connectivity index (χ4v) is 6.15. The van der Waals surface area contributed by atoms with Gasteiger partial charge in [-0.3, -0.25) is 4.79 Å². The lowest BCUT2D eigenvalue weighted by Gasteiger charge is -2.30. The molecule has 5 rings (SSSR count). The van der Waals surface area contributed by atoms with Crippen molar-refractivity contribution in [2.24, 2.45) is 0 Å². The van der Waals surface area contributed by atoms with E-state index in [4.69, 9.17) is 9.72 Å². The monoisotopic (exact) mass is 471 g/mol. The number of benzene rings is 1. The summed E-state index contributed by atoms with van der Waals surface area (Å²) in [4.78, 5) is 19.5. The minimum absolute atomic E-state index is 0.0838. The Morgan fingerprint density at radius 3 is 2.84 bits per heavy atom. The molecule has 0 radical (unpaired) electrons. The summed E-state index contributed by atoms with van der Waals surface area (Å²) >= 11 is 4.58. The van der Waals surface area contributed by atoms with E-state index >= 15 is 0 Å². The number of nitrogens with zero attached hydrogens (tertiary/aromatic N) is 4. The summed E-state index contributed by atoms with van der Waals surface area (Å²) in [5.41, 5.74) is 2.62. The minimum atomic E-state index is -0.219. The number of carbonyl (C=O) groups excluding carboxylic acids is 1. The number of thioether (sulfide) groups is 2. The molecule has 0 atom stereocenters. The molecule has 4 aromatic rings. The van der Waals surface area contributed by atoms with Crippen LogP contribution in [-0.2, 0) is 22.6 Å². The molecule has 0 spiro atoms. The van der Waals surface area contributed by atoms with Crippen LogP contribution >= 0.6 is 34.9 Å². The molecule has 1 aliphatic rings. The molecule has 10 heteroatoms. The van der Waals surface area contributed by atoms with Crippen molar-refractivity contribution in [1.82, 2.24) is 19.6 Å². The van der Waals surface area contributed by atoms with Crippen LogP contribution in [0.2, 0.25) is 0 Å². The van der Waals surface area contributed by atoms with Gasteiger partial charge in [0.25, 0.3) is 0 Å². The molecule has 7 nitrogen and oxygen atoms in total. The van der Waals surface area contributed by atoms with Crippen molar-refractivity contribution in [3.05, 3.63) is 40.8 Å². The number of anilines is 1. The molecule has 1 amide bonds. The lowest BCUT2D eigenvalue weighted by molar-refractivity contribution is -0.113. The number of aromatic nitrogens is 4. The Bertz CT molecular complexity index is 1280. The largest absolute Gasteiger partial charge is 0.370 e. The van der Waals surface area contributed by atoms with Gasteiger partial charge in [0.2, 0.25) is 5.91 Å². The number of amides is 1. The van der Waals surface area contributed by atoms with Crippen molar-refractivity contribution in [2.75, 3.05) is 17.3 Å². The van der Waals surface area contributed by atoms with E-state index in [9.17, 15) is 4.79 Å². The summed E-state index contributed by atoms with van der Waals surface area (Å²) in [6.45, 7) is 4.81. The van der Waals surface area contributed by atoms with E-state index < -0.39 is 0 Å². The summed E-state index contributed by atoms with van der Waals surface area (Å²) in [6, 6.07) is 9.44. The van der Waals surface area contributed by atoms with Crippen LogP contribution in [0.3, 0.4) is 0 Å². The van der Waals surface area contributed by atoms with Gasteiger partial charge in [0, 0.05) is 17.0 Å². The third kappa shape index (κ3) is 3.93. The van der Waals surface area contributed by atoms with Crippen molar-refractivity contribution < 1.29 is 9.53 Å². The number of para-hydroxylation sites is 1. The number of fused-ring (bicyclic) bond motifs is 5. The van der Waals surface area contributed by atoms with Crippen LogP contribution in [0, 0.1) is 0 Å². The van der Waals surface area contributed by atoms with E-state index in [1.165, 1.54) is 22.2 Å². The number of ether oxygens (including phenoxy) is 1. The average Bonchev–Trinajstić information content (AvgIpc) is 3.32. The van der Waals surface area contributed by atoms with Crippen molar-refractivity contribution in [1.29, 1.82) is 0 Å². The fraction of sp³-hybridized carbons (Fsp3) is 0.333. The van der Waals surface area contributed by atoms with Crippen LogP contribution in [0.25, 0.3) is 15.9 Å². The van der Waals surface area contributed by atoms with E-state index in [0.29, 0.717) is 11.8 Å².